The van der Waals surface area contributed by atoms with Crippen molar-refractivity contribution in [3.63, 3.8) is 0 Å². The van der Waals surface area contributed by atoms with Crippen molar-refractivity contribution in [1.29, 1.82) is 0 Å². The lowest BCUT2D eigenvalue weighted by molar-refractivity contribution is 0.922. The molecule has 1 aromatic carbocycles. The van der Waals surface area contributed by atoms with Gasteiger partial charge in [-0.2, -0.15) is 0 Å². The third-order valence-electron chi connectivity index (χ3n) is 2.41. The number of aryl methyl sites for hydroxylation is 1. The fourth-order valence-corrected chi connectivity index (χ4v) is 1.72. The van der Waals surface area contributed by atoms with E-state index in [0.717, 1.165) is 12.8 Å². The molecular weight excluding hydrogens is 182 g/mol. The van der Waals surface area contributed by atoms with Crippen LogP contribution in [0.4, 0.5) is 0 Å². The van der Waals surface area contributed by atoms with Gasteiger partial charge in [-0.1, -0.05) is 37.6 Å². The van der Waals surface area contributed by atoms with E-state index in [1.54, 1.807) is 6.20 Å². The second kappa shape index (κ2) is 4.74. The lowest BCUT2D eigenvalue weighted by Crippen LogP contribution is -1.89. The molecule has 0 spiro atoms. The summed E-state index contributed by atoms with van der Waals surface area (Å²) in [6.07, 6.45) is 5.93. The van der Waals surface area contributed by atoms with Gasteiger partial charge in [0.15, 0.2) is 0 Å². The molecule has 0 saturated carbocycles. The lowest BCUT2D eigenvalue weighted by atomic mass is 9.98. The molecule has 2 rings (SSSR count). The third kappa shape index (κ3) is 2.24. The highest BCUT2D eigenvalue weighted by atomic mass is 14.6. The first-order valence-corrected chi connectivity index (χ1v) is 5.32. The smallest absolute Gasteiger partial charge is 0.0346 e. The van der Waals surface area contributed by atoms with Gasteiger partial charge in [0.25, 0.3) is 0 Å². The van der Waals surface area contributed by atoms with Crippen molar-refractivity contribution in [3.05, 3.63) is 54.4 Å². The van der Waals surface area contributed by atoms with Crippen molar-refractivity contribution in [2.45, 2.75) is 19.8 Å². The van der Waals surface area contributed by atoms with E-state index in [1.165, 1.54) is 16.7 Å². The van der Waals surface area contributed by atoms with Gasteiger partial charge in [-0.05, 0) is 29.7 Å². The Balaban J connectivity index is 2.43. The van der Waals surface area contributed by atoms with Crippen LogP contribution in [0.15, 0.2) is 42.7 Å². The second-order valence-electron chi connectivity index (χ2n) is 3.55. The van der Waals surface area contributed by atoms with Gasteiger partial charge < -0.3 is 0 Å². The second-order valence-corrected chi connectivity index (χ2v) is 3.55. The minimum absolute atomic E-state index is 1.07. The summed E-state index contributed by atoms with van der Waals surface area (Å²) in [5.41, 5.74) is 3.72. The Morgan fingerprint density at radius 1 is 1.27 bits per heavy atom. The summed E-state index contributed by atoms with van der Waals surface area (Å²) in [6.45, 7) is 2.19. The van der Waals surface area contributed by atoms with E-state index in [9.17, 15) is 0 Å². The maximum Gasteiger partial charge on any atom is 0.0346 e. The monoisotopic (exact) mass is 196 g/mol. The predicted octanol–water partition coefficient (Wildman–Crippen LogP) is 3.50. The van der Waals surface area contributed by atoms with E-state index < -0.39 is 0 Å². The minimum Gasteiger partial charge on any atom is -0.264 e. The number of hydrogen-bond donors (Lipinski definition) is 0. The van der Waals surface area contributed by atoms with Crippen LogP contribution in [0.1, 0.15) is 18.9 Å². The zero-order chi connectivity index (χ0) is 10.5. The minimum atomic E-state index is 1.07. The van der Waals surface area contributed by atoms with Crippen LogP contribution < -0.4 is 0 Å². The fraction of sp³-hybridized carbons (Fsp3) is 0.214. The van der Waals surface area contributed by atoms with Gasteiger partial charge in [-0.15, -0.1) is 0 Å². The molecule has 1 heteroatoms. The van der Waals surface area contributed by atoms with Crippen molar-refractivity contribution in [3.8, 4) is 11.1 Å². The molecule has 2 aromatic rings. The fourth-order valence-electron chi connectivity index (χ4n) is 1.72. The first-order chi connectivity index (χ1) is 7.42. The van der Waals surface area contributed by atoms with Crippen molar-refractivity contribution >= 4 is 0 Å². The molecule has 15 heavy (non-hydrogen) atoms. The first-order valence-electron chi connectivity index (χ1n) is 5.32. The van der Waals surface area contributed by atoms with Crippen LogP contribution in [0, 0.1) is 6.07 Å². The van der Waals surface area contributed by atoms with Crippen LogP contribution in [0.2, 0.25) is 0 Å². The standard InChI is InChI=1S/C14H14N/c1-2-6-12-7-3-4-9-14(12)13-8-5-10-15-11-13/h3-5,8-11H,2,6H2,1H3. The summed E-state index contributed by atoms with van der Waals surface area (Å²) in [4.78, 5) is 4.15. The van der Waals surface area contributed by atoms with Gasteiger partial charge in [0, 0.05) is 18.0 Å². The molecule has 0 aliphatic carbocycles. The van der Waals surface area contributed by atoms with Gasteiger partial charge in [-0.25, -0.2) is 0 Å². The van der Waals surface area contributed by atoms with Crippen molar-refractivity contribution in [2.75, 3.05) is 0 Å². The van der Waals surface area contributed by atoms with Crippen LogP contribution in [-0.2, 0) is 6.42 Å². The van der Waals surface area contributed by atoms with E-state index in [-0.39, 0.29) is 0 Å². The highest BCUT2D eigenvalue weighted by molar-refractivity contribution is 5.66. The molecular formula is C14H14N. The van der Waals surface area contributed by atoms with Gasteiger partial charge >= 0.3 is 0 Å². The Hall–Kier alpha value is -1.63. The molecule has 0 bridgehead atoms. The number of benzene rings is 1. The van der Waals surface area contributed by atoms with Crippen LogP contribution in [-0.4, -0.2) is 4.98 Å². The van der Waals surface area contributed by atoms with Crippen LogP contribution in [0.5, 0.6) is 0 Å². The van der Waals surface area contributed by atoms with Crippen LogP contribution >= 0.6 is 0 Å². The Labute approximate surface area is 90.8 Å². The number of aromatic nitrogens is 1. The molecule has 0 atom stereocenters. The summed E-state index contributed by atoms with van der Waals surface area (Å²) >= 11 is 0. The Kier molecular flexibility index (Phi) is 3.13. The normalized spacial score (nSPS) is 10.2. The number of hydrogen-bond acceptors (Lipinski definition) is 1. The number of pyridine rings is 1. The molecule has 1 radical (unpaired) electrons. The first kappa shape index (κ1) is 9.91. The average molecular weight is 196 g/mol. The largest absolute Gasteiger partial charge is 0.264 e. The maximum absolute atomic E-state index is 4.15. The zero-order valence-corrected chi connectivity index (χ0v) is 8.90. The average Bonchev–Trinajstić information content (AvgIpc) is 2.31. The van der Waals surface area contributed by atoms with Gasteiger partial charge in [0.2, 0.25) is 0 Å². The molecule has 75 valence electrons. The van der Waals surface area contributed by atoms with Crippen molar-refractivity contribution in [2.24, 2.45) is 0 Å². The van der Waals surface area contributed by atoms with E-state index in [0.29, 0.717) is 0 Å². The topological polar surface area (TPSA) is 12.9 Å². The van der Waals surface area contributed by atoms with E-state index in [1.807, 2.05) is 24.4 Å². The number of rotatable bonds is 3. The third-order valence-corrected chi connectivity index (χ3v) is 2.41. The molecule has 0 amide bonds. The molecule has 0 saturated heterocycles. The van der Waals surface area contributed by atoms with Crippen molar-refractivity contribution in [1.82, 2.24) is 4.98 Å². The van der Waals surface area contributed by atoms with E-state index >= 15 is 0 Å². The number of nitrogens with zero attached hydrogens (tertiary/aromatic N) is 1. The highest BCUT2D eigenvalue weighted by Gasteiger charge is 2.02. The zero-order valence-electron chi connectivity index (χ0n) is 8.90. The SMILES string of the molecule is CCCc1[c]cccc1-c1cccnc1. The molecule has 0 aliphatic rings. The van der Waals surface area contributed by atoms with Gasteiger partial charge in [0.05, 0.1) is 0 Å². The van der Waals surface area contributed by atoms with Gasteiger partial charge in [0.1, 0.15) is 0 Å². The summed E-state index contributed by atoms with van der Waals surface area (Å²) in [5.74, 6) is 0. The van der Waals surface area contributed by atoms with Gasteiger partial charge in [-0.3, -0.25) is 4.98 Å². The maximum atomic E-state index is 4.15. The lowest BCUT2D eigenvalue weighted by Gasteiger charge is -2.07. The summed E-state index contributed by atoms with van der Waals surface area (Å²) < 4.78 is 0. The van der Waals surface area contributed by atoms with E-state index in [4.69, 9.17) is 0 Å². The Morgan fingerprint density at radius 3 is 2.93 bits per heavy atom. The quantitative estimate of drug-likeness (QED) is 0.732. The molecule has 0 N–H and O–H groups in total. The molecule has 1 nitrogen and oxygen atoms in total. The molecule has 0 aliphatic heterocycles. The highest BCUT2D eigenvalue weighted by Crippen LogP contribution is 2.23. The molecule has 0 unspecified atom stereocenters. The molecule has 0 fully saturated rings. The van der Waals surface area contributed by atoms with Crippen LogP contribution in [0.3, 0.4) is 0 Å². The predicted molar refractivity (Wildman–Crippen MR) is 62.5 cm³/mol. The van der Waals surface area contributed by atoms with Crippen molar-refractivity contribution < 1.29 is 0 Å². The molecule has 1 heterocycles. The summed E-state index contributed by atoms with van der Waals surface area (Å²) in [7, 11) is 0. The summed E-state index contributed by atoms with van der Waals surface area (Å²) in [6, 6.07) is 13.5. The molecule has 1 aromatic heterocycles. The Bertz CT molecular complexity index is 420. The van der Waals surface area contributed by atoms with E-state index in [2.05, 4.69) is 30.1 Å². The summed E-state index contributed by atoms with van der Waals surface area (Å²) in [5, 5.41) is 0. The van der Waals surface area contributed by atoms with Crippen LogP contribution in [0.25, 0.3) is 11.1 Å². The Morgan fingerprint density at radius 2 is 2.20 bits per heavy atom.